The number of aromatic nitrogens is 2. The number of hydrogen-bond acceptors (Lipinski definition) is 6. The average molecular weight is 261 g/mol. The van der Waals surface area contributed by atoms with Crippen LogP contribution in [0.3, 0.4) is 0 Å². The summed E-state index contributed by atoms with van der Waals surface area (Å²) in [6.45, 7) is 0.493. The lowest BCUT2D eigenvalue weighted by atomic mass is 10.1. The highest BCUT2D eigenvalue weighted by molar-refractivity contribution is 7.99. The van der Waals surface area contributed by atoms with Gasteiger partial charge in [0.15, 0.2) is 5.16 Å². The van der Waals surface area contributed by atoms with Crippen molar-refractivity contribution in [2.45, 2.75) is 10.4 Å². The van der Waals surface area contributed by atoms with Gasteiger partial charge in [0, 0.05) is 17.9 Å². The number of rotatable bonds is 4. The molecule has 6 heteroatoms. The third-order valence-electron chi connectivity index (χ3n) is 2.38. The Hall–Kier alpha value is -1.79. The molecule has 18 heavy (non-hydrogen) atoms. The Morgan fingerprint density at radius 1 is 1.06 bits per heavy atom. The highest BCUT2D eigenvalue weighted by Gasteiger charge is 2.13. The molecule has 1 aromatic carbocycles. The zero-order valence-corrected chi connectivity index (χ0v) is 10.6. The molecule has 0 aliphatic carbocycles. The Kier molecular flexibility index (Phi) is 4.01. The van der Waals surface area contributed by atoms with Crippen LogP contribution in [0, 0.1) is 0 Å². The van der Waals surface area contributed by atoms with Crippen molar-refractivity contribution in [3.63, 3.8) is 0 Å². The van der Waals surface area contributed by atoms with Crippen molar-refractivity contribution >= 4 is 23.4 Å². The molecule has 1 aromatic heterocycles. The maximum absolute atomic E-state index is 5.79. The molecule has 6 N–H and O–H groups in total. The standard InChI is InChI=1S/C12H15N5S/c13-7-9(8-4-2-1-3-5-8)18-12-16-10(14)6-11(15)17-12/h1-6,9H,7,13H2,(H4,14,15,16,17). The van der Waals surface area contributed by atoms with E-state index in [1.807, 2.05) is 30.3 Å². The van der Waals surface area contributed by atoms with Crippen LogP contribution in [0.5, 0.6) is 0 Å². The van der Waals surface area contributed by atoms with Crippen LogP contribution in [0.25, 0.3) is 0 Å². The number of anilines is 2. The lowest BCUT2D eigenvalue weighted by Crippen LogP contribution is -2.10. The topological polar surface area (TPSA) is 104 Å². The van der Waals surface area contributed by atoms with Gasteiger partial charge in [0.25, 0.3) is 0 Å². The van der Waals surface area contributed by atoms with Gasteiger partial charge >= 0.3 is 0 Å². The van der Waals surface area contributed by atoms with E-state index >= 15 is 0 Å². The van der Waals surface area contributed by atoms with Crippen molar-refractivity contribution in [2.24, 2.45) is 5.73 Å². The van der Waals surface area contributed by atoms with E-state index in [9.17, 15) is 0 Å². The molecule has 1 heterocycles. The predicted octanol–water partition coefficient (Wildman–Crippen LogP) is 1.43. The van der Waals surface area contributed by atoms with Crippen LogP contribution in [0.4, 0.5) is 11.6 Å². The van der Waals surface area contributed by atoms with Crippen LogP contribution in [0.15, 0.2) is 41.6 Å². The van der Waals surface area contributed by atoms with Gasteiger partial charge in [-0.3, -0.25) is 0 Å². The first-order valence-corrected chi connectivity index (χ1v) is 6.38. The van der Waals surface area contributed by atoms with E-state index < -0.39 is 0 Å². The molecule has 0 amide bonds. The van der Waals surface area contributed by atoms with Crippen molar-refractivity contribution in [3.8, 4) is 0 Å². The molecular weight excluding hydrogens is 246 g/mol. The van der Waals surface area contributed by atoms with Crippen LogP contribution < -0.4 is 17.2 Å². The Morgan fingerprint density at radius 2 is 1.67 bits per heavy atom. The van der Waals surface area contributed by atoms with Crippen molar-refractivity contribution in [1.29, 1.82) is 0 Å². The monoisotopic (exact) mass is 261 g/mol. The first-order valence-electron chi connectivity index (χ1n) is 5.50. The van der Waals surface area contributed by atoms with E-state index in [0.29, 0.717) is 23.3 Å². The van der Waals surface area contributed by atoms with Crippen LogP contribution in [0.1, 0.15) is 10.8 Å². The van der Waals surface area contributed by atoms with Gasteiger partial charge in [-0.15, -0.1) is 0 Å². The number of nitrogen functional groups attached to an aromatic ring is 2. The molecule has 1 unspecified atom stereocenters. The van der Waals surface area contributed by atoms with Gasteiger partial charge in [-0.1, -0.05) is 42.1 Å². The Labute approximate surface area is 110 Å². The highest BCUT2D eigenvalue weighted by Crippen LogP contribution is 2.32. The lowest BCUT2D eigenvalue weighted by molar-refractivity contribution is 0.915. The molecule has 0 fully saturated rings. The second-order valence-electron chi connectivity index (χ2n) is 3.75. The zero-order valence-electron chi connectivity index (χ0n) is 9.78. The normalized spacial score (nSPS) is 12.3. The minimum Gasteiger partial charge on any atom is -0.383 e. The summed E-state index contributed by atoms with van der Waals surface area (Å²) in [4.78, 5) is 8.28. The fourth-order valence-corrected chi connectivity index (χ4v) is 2.52. The number of thioether (sulfide) groups is 1. The molecule has 0 spiro atoms. The van der Waals surface area contributed by atoms with Gasteiger partial charge in [0.1, 0.15) is 11.6 Å². The molecule has 0 bridgehead atoms. The molecule has 0 saturated heterocycles. The van der Waals surface area contributed by atoms with Gasteiger partial charge in [-0.05, 0) is 5.56 Å². The molecule has 0 radical (unpaired) electrons. The Balaban J connectivity index is 2.20. The molecule has 0 aliphatic heterocycles. The van der Waals surface area contributed by atoms with Gasteiger partial charge in [0.05, 0.1) is 0 Å². The largest absolute Gasteiger partial charge is 0.383 e. The molecule has 0 saturated carbocycles. The predicted molar refractivity (Wildman–Crippen MR) is 75.0 cm³/mol. The van der Waals surface area contributed by atoms with Crippen LogP contribution in [-0.4, -0.2) is 16.5 Å². The summed E-state index contributed by atoms with van der Waals surface area (Å²) in [6, 6.07) is 11.5. The van der Waals surface area contributed by atoms with E-state index in [1.54, 1.807) is 0 Å². The fraction of sp³-hybridized carbons (Fsp3) is 0.167. The molecule has 2 rings (SSSR count). The number of nitrogens with two attached hydrogens (primary N) is 3. The van der Waals surface area contributed by atoms with Crippen molar-refractivity contribution in [3.05, 3.63) is 42.0 Å². The van der Waals surface area contributed by atoms with E-state index in [1.165, 1.54) is 17.8 Å². The average Bonchev–Trinajstić information content (AvgIpc) is 2.36. The minimum atomic E-state index is 0.0902. The van der Waals surface area contributed by atoms with Crippen LogP contribution >= 0.6 is 11.8 Å². The summed E-state index contributed by atoms with van der Waals surface area (Å²) < 4.78 is 0. The van der Waals surface area contributed by atoms with Crippen molar-refractivity contribution in [2.75, 3.05) is 18.0 Å². The van der Waals surface area contributed by atoms with Gasteiger partial charge in [-0.2, -0.15) is 0 Å². The molecule has 1 atom stereocenters. The van der Waals surface area contributed by atoms with E-state index in [0.717, 1.165) is 5.56 Å². The lowest BCUT2D eigenvalue weighted by Gasteiger charge is -2.13. The molecule has 2 aromatic rings. The Bertz CT molecular complexity index is 497. The summed E-state index contributed by atoms with van der Waals surface area (Å²) in [6.07, 6.45) is 0. The van der Waals surface area contributed by atoms with Crippen molar-refractivity contribution < 1.29 is 0 Å². The molecule has 5 nitrogen and oxygen atoms in total. The maximum Gasteiger partial charge on any atom is 0.192 e. The first-order chi connectivity index (χ1) is 8.69. The zero-order chi connectivity index (χ0) is 13.0. The second-order valence-corrected chi connectivity index (χ2v) is 4.92. The molecular formula is C12H15N5S. The van der Waals surface area contributed by atoms with E-state index in [4.69, 9.17) is 17.2 Å². The third-order valence-corrected chi connectivity index (χ3v) is 3.52. The molecule has 94 valence electrons. The number of nitrogens with zero attached hydrogens (tertiary/aromatic N) is 2. The highest BCUT2D eigenvalue weighted by atomic mass is 32.2. The SMILES string of the molecule is NCC(Sc1nc(N)cc(N)n1)c1ccccc1. The third kappa shape index (κ3) is 3.12. The number of benzene rings is 1. The minimum absolute atomic E-state index is 0.0902. The summed E-state index contributed by atoms with van der Waals surface area (Å²) in [5.41, 5.74) is 18.2. The van der Waals surface area contributed by atoms with Crippen LogP contribution in [0.2, 0.25) is 0 Å². The quantitative estimate of drug-likeness (QED) is 0.568. The van der Waals surface area contributed by atoms with Crippen LogP contribution in [-0.2, 0) is 0 Å². The summed E-state index contributed by atoms with van der Waals surface area (Å²) in [5, 5.41) is 0.638. The van der Waals surface area contributed by atoms with E-state index in [-0.39, 0.29) is 5.25 Å². The first kappa shape index (κ1) is 12.7. The second kappa shape index (κ2) is 5.70. The van der Waals surface area contributed by atoms with Gasteiger partial charge in [0.2, 0.25) is 0 Å². The summed E-state index contributed by atoms with van der Waals surface area (Å²) >= 11 is 1.46. The summed E-state index contributed by atoms with van der Waals surface area (Å²) in [7, 11) is 0. The van der Waals surface area contributed by atoms with Gasteiger partial charge in [-0.25, -0.2) is 9.97 Å². The number of hydrogen-bond donors (Lipinski definition) is 3. The Morgan fingerprint density at radius 3 is 2.22 bits per heavy atom. The van der Waals surface area contributed by atoms with E-state index in [2.05, 4.69) is 9.97 Å². The maximum atomic E-state index is 5.79. The fourth-order valence-electron chi connectivity index (χ4n) is 1.56. The van der Waals surface area contributed by atoms with Gasteiger partial charge < -0.3 is 17.2 Å². The summed E-state index contributed by atoms with van der Waals surface area (Å²) in [5.74, 6) is 0.739. The van der Waals surface area contributed by atoms with Crippen molar-refractivity contribution in [1.82, 2.24) is 9.97 Å². The molecule has 0 aliphatic rings. The smallest absolute Gasteiger partial charge is 0.192 e.